The van der Waals surface area contributed by atoms with Crippen molar-refractivity contribution >= 4 is 48.9 Å². The second-order valence-corrected chi connectivity index (χ2v) is 9.18. The molecule has 1 fully saturated rings. The van der Waals surface area contributed by atoms with Gasteiger partial charge in [0.25, 0.3) is 0 Å². The van der Waals surface area contributed by atoms with Gasteiger partial charge in [0.1, 0.15) is 9.23 Å². The van der Waals surface area contributed by atoms with Gasteiger partial charge < -0.3 is 4.74 Å². The first-order valence-corrected chi connectivity index (χ1v) is 8.88. The molecule has 1 saturated heterocycles. The first-order chi connectivity index (χ1) is 8.32. The Labute approximate surface area is 124 Å². The fraction of sp³-hybridized carbons (Fsp3) is 0.600. The summed E-state index contributed by atoms with van der Waals surface area (Å²) in [5.74, 6) is 0. The monoisotopic (exact) mass is 373 g/mol. The molecule has 18 heavy (non-hydrogen) atoms. The summed E-state index contributed by atoms with van der Waals surface area (Å²) in [5, 5.41) is 0. The van der Waals surface area contributed by atoms with Crippen LogP contribution in [0.5, 0.6) is 0 Å². The molecule has 1 atom stereocenters. The summed E-state index contributed by atoms with van der Waals surface area (Å²) in [4.78, 5) is 0.114. The number of sulfonamides is 1. The van der Waals surface area contributed by atoms with Gasteiger partial charge in [-0.15, -0.1) is 11.3 Å². The highest BCUT2D eigenvalue weighted by atomic mass is 79.9. The quantitative estimate of drug-likeness (QED) is 0.881. The van der Waals surface area contributed by atoms with E-state index in [4.69, 9.17) is 16.3 Å². The SMILES string of the molecule is CC1(CNS(=O)(=O)c2cc(Br)sc2Cl)CCCO1. The van der Waals surface area contributed by atoms with Crippen molar-refractivity contribution in [2.45, 2.75) is 30.3 Å². The average Bonchev–Trinajstić information content (AvgIpc) is 2.84. The van der Waals surface area contributed by atoms with E-state index >= 15 is 0 Å². The van der Waals surface area contributed by atoms with E-state index < -0.39 is 15.6 Å². The number of halogens is 2. The Morgan fingerprint density at radius 3 is 2.89 bits per heavy atom. The van der Waals surface area contributed by atoms with Gasteiger partial charge in [0, 0.05) is 13.2 Å². The van der Waals surface area contributed by atoms with Crippen LogP contribution in [0.25, 0.3) is 0 Å². The zero-order valence-electron chi connectivity index (χ0n) is 9.70. The smallest absolute Gasteiger partial charge is 0.243 e. The number of hydrogen-bond donors (Lipinski definition) is 1. The van der Waals surface area contributed by atoms with E-state index in [1.807, 2.05) is 6.92 Å². The van der Waals surface area contributed by atoms with Crippen molar-refractivity contribution in [1.82, 2.24) is 4.72 Å². The van der Waals surface area contributed by atoms with Crippen molar-refractivity contribution in [3.05, 3.63) is 14.2 Å². The van der Waals surface area contributed by atoms with Crippen molar-refractivity contribution in [2.24, 2.45) is 0 Å². The lowest BCUT2D eigenvalue weighted by molar-refractivity contribution is 0.0250. The molecule has 0 aromatic carbocycles. The molecule has 1 N–H and O–H groups in total. The van der Waals surface area contributed by atoms with Crippen LogP contribution in [0.1, 0.15) is 19.8 Å². The lowest BCUT2D eigenvalue weighted by atomic mass is 10.0. The van der Waals surface area contributed by atoms with Crippen molar-refractivity contribution in [3.63, 3.8) is 0 Å². The molecule has 1 aromatic rings. The molecule has 1 unspecified atom stereocenters. The summed E-state index contributed by atoms with van der Waals surface area (Å²) >= 11 is 10.3. The van der Waals surface area contributed by atoms with Crippen LogP contribution in [0.2, 0.25) is 4.34 Å². The Kier molecular flexibility index (Phi) is 4.40. The zero-order valence-corrected chi connectivity index (χ0v) is 13.7. The average molecular weight is 375 g/mol. The largest absolute Gasteiger partial charge is 0.374 e. The molecule has 1 aliphatic heterocycles. The number of thiophene rings is 1. The summed E-state index contributed by atoms with van der Waals surface area (Å²) in [7, 11) is -3.58. The number of hydrogen-bond acceptors (Lipinski definition) is 4. The third-order valence-corrected chi connectivity index (χ3v) is 6.38. The zero-order chi connectivity index (χ0) is 13.4. The Hall–Kier alpha value is 0.340. The molecule has 0 aliphatic carbocycles. The van der Waals surface area contributed by atoms with Crippen LogP contribution in [0.15, 0.2) is 14.7 Å². The molecular weight excluding hydrogens is 362 g/mol. The maximum absolute atomic E-state index is 12.1. The molecule has 0 bridgehead atoms. The van der Waals surface area contributed by atoms with E-state index in [0.29, 0.717) is 10.4 Å². The molecule has 1 aliphatic rings. The van der Waals surface area contributed by atoms with Crippen LogP contribution in [0, 0.1) is 0 Å². The maximum atomic E-state index is 12.1. The molecule has 0 radical (unpaired) electrons. The van der Waals surface area contributed by atoms with E-state index in [0.717, 1.165) is 12.8 Å². The lowest BCUT2D eigenvalue weighted by Crippen LogP contribution is -2.40. The van der Waals surface area contributed by atoms with Gasteiger partial charge in [-0.25, -0.2) is 13.1 Å². The second-order valence-electron chi connectivity index (χ2n) is 4.41. The van der Waals surface area contributed by atoms with E-state index in [9.17, 15) is 8.42 Å². The summed E-state index contributed by atoms with van der Waals surface area (Å²) < 4.78 is 33.2. The van der Waals surface area contributed by atoms with E-state index in [-0.39, 0.29) is 15.8 Å². The van der Waals surface area contributed by atoms with Crippen molar-refractivity contribution < 1.29 is 13.2 Å². The summed E-state index contributed by atoms with van der Waals surface area (Å²) in [6.45, 7) is 2.86. The Bertz CT molecular complexity index is 537. The minimum Gasteiger partial charge on any atom is -0.374 e. The first kappa shape index (κ1) is 14.7. The third-order valence-electron chi connectivity index (χ3n) is 2.85. The Morgan fingerprint density at radius 2 is 2.39 bits per heavy atom. The van der Waals surface area contributed by atoms with Crippen LogP contribution in [-0.2, 0) is 14.8 Å². The minimum absolute atomic E-state index is 0.114. The number of rotatable bonds is 4. The van der Waals surface area contributed by atoms with E-state index in [2.05, 4.69) is 20.7 Å². The van der Waals surface area contributed by atoms with Crippen LogP contribution >= 0.6 is 38.9 Å². The van der Waals surface area contributed by atoms with Gasteiger partial charge in [-0.3, -0.25) is 0 Å². The standard InChI is InChI=1S/C10H13BrClNO3S2/c1-10(3-2-4-16-10)6-13-18(14,15)7-5-8(11)17-9(7)12/h5,13H,2-4,6H2,1H3. The van der Waals surface area contributed by atoms with Crippen molar-refractivity contribution in [3.8, 4) is 0 Å². The third kappa shape index (κ3) is 3.26. The highest BCUT2D eigenvalue weighted by Gasteiger charge is 2.32. The van der Waals surface area contributed by atoms with Crippen LogP contribution in [0.3, 0.4) is 0 Å². The Morgan fingerprint density at radius 1 is 1.67 bits per heavy atom. The van der Waals surface area contributed by atoms with Gasteiger partial charge in [0.05, 0.1) is 9.39 Å². The number of nitrogens with one attached hydrogen (secondary N) is 1. The minimum atomic E-state index is -3.58. The summed E-state index contributed by atoms with van der Waals surface area (Å²) in [5.41, 5.74) is -0.410. The molecular formula is C10H13BrClNO3S2. The summed E-state index contributed by atoms with van der Waals surface area (Å²) in [6, 6.07) is 1.51. The number of ether oxygens (including phenoxy) is 1. The topological polar surface area (TPSA) is 55.4 Å². The predicted molar refractivity (Wildman–Crippen MR) is 75.8 cm³/mol. The van der Waals surface area contributed by atoms with Gasteiger partial charge in [0.15, 0.2) is 0 Å². The predicted octanol–water partition coefficient (Wildman–Crippen LogP) is 3.01. The molecule has 8 heteroatoms. The fourth-order valence-corrected chi connectivity index (χ4v) is 5.74. The molecule has 4 nitrogen and oxygen atoms in total. The fourth-order valence-electron chi connectivity index (χ4n) is 1.81. The molecule has 0 spiro atoms. The Balaban J connectivity index is 2.10. The molecule has 102 valence electrons. The second kappa shape index (κ2) is 5.38. The van der Waals surface area contributed by atoms with Crippen LogP contribution < -0.4 is 4.72 Å². The molecule has 0 saturated carbocycles. The first-order valence-electron chi connectivity index (χ1n) is 5.41. The van der Waals surface area contributed by atoms with Gasteiger partial charge in [0.2, 0.25) is 10.0 Å². The molecule has 1 aromatic heterocycles. The van der Waals surface area contributed by atoms with E-state index in [1.54, 1.807) is 0 Å². The van der Waals surface area contributed by atoms with Crippen LogP contribution in [-0.4, -0.2) is 27.2 Å². The van der Waals surface area contributed by atoms with Gasteiger partial charge in [-0.1, -0.05) is 11.6 Å². The molecule has 2 heterocycles. The van der Waals surface area contributed by atoms with Gasteiger partial charge >= 0.3 is 0 Å². The van der Waals surface area contributed by atoms with Gasteiger partial charge in [-0.05, 0) is 41.8 Å². The van der Waals surface area contributed by atoms with Crippen molar-refractivity contribution in [1.29, 1.82) is 0 Å². The highest BCUT2D eigenvalue weighted by Crippen LogP contribution is 2.34. The normalized spacial score (nSPS) is 24.6. The summed E-state index contributed by atoms with van der Waals surface area (Å²) in [6.07, 6.45) is 1.82. The van der Waals surface area contributed by atoms with Gasteiger partial charge in [-0.2, -0.15) is 0 Å². The maximum Gasteiger partial charge on any atom is 0.243 e. The van der Waals surface area contributed by atoms with E-state index in [1.165, 1.54) is 17.4 Å². The molecule has 0 amide bonds. The lowest BCUT2D eigenvalue weighted by Gasteiger charge is -2.23. The molecule has 2 rings (SSSR count). The highest BCUT2D eigenvalue weighted by molar-refractivity contribution is 9.11. The van der Waals surface area contributed by atoms with Crippen molar-refractivity contribution in [2.75, 3.05) is 13.2 Å². The van der Waals surface area contributed by atoms with Crippen LogP contribution in [0.4, 0.5) is 0 Å².